The fourth-order valence-corrected chi connectivity index (χ4v) is 3.12. The molecule has 0 radical (unpaired) electrons. The Hall–Kier alpha value is -1.22. The van der Waals surface area contributed by atoms with Gasteiger partial charge in [-0.3, -0.25) is 0 Å². The first-order valence-electron chi connectivity index (χ1n) is 6.01. The fourth-order valence-electron chi connectivity index (χ4n) is 3.12. The SMILES string of the molecule is CN1CC2CN(c3ccc(N)cc3)C[C@@H]2C1. The van der Waals surface area contributed by atoms with Gasteiger partial charge in [-0.1, -0.05) is 0 Å². The van der Waals surface area contributed by atoms with Gasteiger partial charge in [0.1, 0.15) is 0 Å². The zero-order chi connectivity index (χ0) is 11.1. The number of rotatable bonds is 1. The number of hydrogen-bond donors (Lipinski definition) is 1. The van der Waals surface area contributed by atoms with Gasteiger partial charge in [-0.2, -0.15) is 0 Å². The Balaban J connectivity index is 1.73. The highest BCUT2D eigenvalue weighted by Gasteiger charge is 2.38. The molecule has 0 bridgehead atoms. The predicted octanol–water partition coefficient (Wildman–Crippen LogP) is 1.27. The first kappa shape index (κ1) is 9.97. The first-order valence-corrected chi connectivity index (χ1v) is 6.01. The van der Waals surface area contributed by atoms with E-state index < -0.39 is 0 Å². The van der Waals surface area contributed by atoms with Crippen LogP contribution in [-0.4, -0.2) is 38.1 Å². The monoisotopic (exact) mass is 217 g/mol. The second kappa shape index (κ2) is 3.67. The Morgan fingerprint density at radius 2 is 1.56 bits per heavy atom. The lowest BCUT2D eigenvalue weighted by Gasteiger charge is -2.21. The molecule has 0 aromatic heterocycles. The number of fused-ring (bicyclic) bond motifs is 1. The van der Waals surface area contributed by atoms with E-state index in [9.17, 15) is 0 Å². The zero-order valence-corrected chi connectivity index (χ0v) is 9.76. The van der Waals surface area contributed by atoms with Gasteiger partial charge in [0, 0.05) is 37.6 Å². The smallest absolute Gasteiger partial charge is 0.0367 e. The first-order chi connectivity index (χ1) is 7.72. The number of nitrogens with two attached hydrogens (primary N) is 1. The number of nitrogens with zero attached hydrogens (tertiary/aromatic N) is 2. The summed E-state index contributed by atoms with van der Waals surface area (Å²) in [5, 5.41) is 0. The summed E-state index contributed by atoms with van der Waals surface area (Å²) < 4.78 is 0. The fraction of sp³-hybridized carbons (Fsp3) is 0.538. The molecule has 2 atom stereocenters. The maximum absolute atomic E-state index is 5.71. The molecule has 0 amide bonds. The average Bonchev–Trinajstić information content (AvgIpc) is 2.75. The van der Waals surface area contributed by atoms with Crippen LogP contribution >= 0.6 is 0 Å². The quantitative estimate of drug-likeness (QED) is 0.719. The third-order valence-electron chi connectivity index (χ3n) is 3.93. The Morgan fingerprint density at radius 1 is 1.00 bits per heavy atom. The molecule has 0 aliphatic carbocycles. The normalized spacial score (nSPS) is 29.7. The maximum atomic E-state index is 5.71. The summed E-state index contributed by atoms with van der Waals surface area (Å²) in [6.07, 6.45) is 0. The molecule has 2 fully saturated rings. The molecule has 3 nitrogen and oxygen atoms in total. The Morgan fingerprint density at radius 3 is 2.12 bits per heavy atom. The molecule has 0 spiro atoms. The van der Waals surface area contributed by atoms with Gasteiger partial charge in [0.25, 0.3) is 0 Å². The Labute approximate surface area is 96.8 Å². The molecule has 3 heteroatoms. The number of likely N-dealkylation sites (tertiary alicyclic amines) is 1. The molecule has 2 aliphatic heterocycles. The molecule has 1 aromatic carbocycles. The summed E-state index contributed by atoms with van der Waals surface area (Å²) in [6.45, 7) is 4.93. The minimum absolute atomic E-state index is 0.850. The van der Waals surface area contributed by atoms with E-state index in [-0.39, 0.29) is 0 Å². The number of hydrogen-bond acceptors (Lipinski definition) is 3. The van der Waals surface area contributed by atoms with Crippen molar-refractivity contribution in [3.05, 3.63) is 24.3 Å². The summed E-state index contributed by atoms with van der Waals surface area (Å²) >= 11 is 0. The maximum Gasteiger partial charge on any atom is 0.0367 e. The van der Waals surface area contributed by atoms with E-state index in [4.69, 9.17) is 5.73 Å². The third-order valence-corrected chi connectivity index (χ3v) is 3.93. The van der Waals surface area contributed by atoms with Gasteiger partial charge in [0.05, 0.1) is 0 Å². The summed E-state index contributed by atoms with van der Waals surface area (Å²) in [5.74, 6) is 1.73. The van der Waals surface area contributed by atoms with Crippen LogP contribution in [0.1, 0.15) is 0 Å². The van der Waals surface area contributed by atoms with Crippen molar-refractivity contribution < 1.29 is 0 Å². The van der Waals surface area contributed by atoms with E-state index in [0.717, 1.165) is 17.5 Å². The van der Waals surface area contributed by atoms with Crippen LogP contribution in [0.3, 0.4) is 0 Å². The molecular formula is C13H19N3. The Kier molecular flexibility index (Phi) is 2.28. The number of nitrogen functional groups attached to an aromatic ring is 1. The van der Waals surface area contributed by atoms with Crippen LogP contribution in [0.2, 0.25) is 0 Å². The highest BCUT2D eigenvalue weighted by molar-refractivity contribution is 5.53. The van der Waals surface area contributed by atoms with E-state index in [0.29, 0.717) is 0 Å². The summed E-state index contributed by atoms with van der Waals surface area (Å²) in [5.41, 5.74) is 7.89. The van der Waals surface area contributed by atoms with Crippen LogP contribution in [0.4, 0.5) is 11.4 Å². The number of anilines is 2. The van der Waals surface area contributed by atoms with Crippen molar-refractivity contribution in [1.29, 1.82) is 0 Å². The lowest BCUT2D eigenvalue weighted by atomic mass is 10.0. The highest BCUT2D eigenvalue weighted by Crippen LogP contribution is 2.33. The molecular weight excluding hydrogens is 198 g/mol. The molecule has 1 unspecified atom stereocenters. The van der Waals surface area contributed by atoms with E-state index >= 15 is 0 Å². The molecule has 2 N–H and O–H groups in total. The highest BCUT2D eigenvalue weighted by atomic mass is 15.2. The van der Waals surface area contributed by atoms with E-state index in [1.54, 1.807) is 0 Å². The summed E-state index contributed by atoms with van der Waals surface area (Å²) in [7, 11) is 2.23. The number of benzene rings is 1. The van der Waals surface area contributed by atoms with Gasteiger partial charge in [0.15, 0.2) is 0 Å². The molecule has 2 heterocycles. The standard InChI is InChI=1S/C13H19N3/c1-15-6-10-8-16(9-11(10)7-15)13-4-2-12(14)3-5-13/h2-5,10-11H,6-9,14H2,1H3/t10-,11?/m0/s1. The molecule has 16 heavy (non-hydrogen) atoms. The topological polar surface area (TPSA) is 32.5 Å². The van der Waals surface area contributed by atoms with Crippen molar-refractivity contribution in [2.45, 2.75) is 0 Å². The van der Waals surface area contributed by atoms with Crippen LogP contribution in [0.15, 0.2) is 24.3 Å². The predicted molar refractivity (Wildman–Crippen MR) is 67.5 cm³/mol. The van der Waals surface area contributed by atoms with Gasteiger partial charge >= 0.3 is 0 Å². The summed E-state index contributed by atoms with van der Waals surface area (Å²) in [6, 6.07) is 8.27. The second-order valence-corrected chi connectivity index (χ2v) is 5.24. The minimum atomic E-state index is 0.850. The third kappa shape index (κ3) is 1.65. The van der Waals surface area contributed by atoms with Gasteiger partial charge in [0.2, 0.25) is 0 Å². The van der Waals surface area contributed by atoms with Crippen molar-refractivity contribution in [2.75, 3.05) is 43.9 Å². The van der Waals surface area contributed by atoms with Crippen molar-refractivity contribution in [3.8, 4) is 0 Å². The van der Waals surface area contributed by atoms with Gasteiger partial charge in [-0.05, 0) is 43.1 Å². The van der Waals surface area contributed by atoms with Crippen molar-refractivity contribution in [3.63, 3.8) is 0 Å². The van der Waals surface area contributed by atoms with Gasteiger partial charge in [-0.25, -0.2) is 0 Å². The lowest BCUT2D eigenvalue weighted by molar-refractivity contribution is 0.387. The van der Waals surface area contributed by atoms with Gasteiger partial charge < -0.3 is 15.5 Å². The van der Waals surface area contributed by atoms with Gasteiger partial charge in [-0.15, -0.1) is 0 Å². The van der Waals surface area contributed by atoms with Crippen LogP contribution < -0.4 is 10.6 Å². The van der Waals surface area contributed by atoms with Crippen LogP contribution in [0.5, 0.6) is 0 Å². The minimum Gasteiger partial charge on any atom is -0.399 e. The van der Waals surface area contributed by atoms with Crippen molar-refractivity contribution in [1.82, 2.24) is 4.90 Å². The van der Waals surface area contributed by atoms with E-state index in [2.05, 4.69) is 29.0 Å². The molecule has 1 aromatic rings. The second-order valence-electron chi connectivity index (χ2n) is 5.24. The molecule has 2 aliphatic rings. The van der Waals surface area contributed by atoms with Crippen LogP contribution in [-0.2, 0) is 0 Å². The average molecular weight is 217 g/mol. The van der Waals surface area contributed by atoms with E-state index in [1.165, 1.54) is 31.9 Å². The molecule has 3 rings (SSSR count). The van der Waals surface area contributed by atoms with Crippen molar-refractivity contribution in [2.24, 2.45) is 11.8 Å². The molecule has 0 saturated carbocycles. The van der Waals surface area contributed by atoms with Crippen molar-refractivity contribution >= 4 is 11.4 Å². The molecule has 86 valence electrons. The summed E-state index contributed by atoms with van der Waals surface area (Å²) in [4.78, 5) is 4.96. The van der Waals surface area contributed by atoms with E-state index in [1.807, 2.05) is 12.1 Å². The zero-order valence-electron chi connectivity index (χ0n) is 9.76. The van der Waals surface area contributed by atoms with Crippen LogP contribution in [0.25, 0.3) is 0 Å². The largest absolute Gasteiger partial charge is 0.399 e. The van der Waals surface area contributed by atoms with Crippen LogP contribution in [0, 0.1) is 11.8 Å². The molecule has 2 saturated heterocycles. The Bertz CT molecular complexity index is 359. The lowest BCUT2D eigenvalue weighted by Crippen LogP contribution is -2.26.